The summed E-state index contributed by atoms with van der Waals surface area (Å²) in [5.41, 5.74) is -1.00. The quantitative estimate of drug-likeness (QED) is 0.279. The third-order valence-corrected chi connectivity index (χ3v) is 6.87. The van der Waals surface area contributed by atoms with Gasteiger partial charge in [-0.05, 0) is 60.7 Å². The third-order valence-electron chi connectivity index (χ3n) is 5.74. The zero-order chi connectivity index (χ0) is 27.6. The van der Waals surface area contributed by atoms with Crippen molar-refractivity contribution < 1.29 is 30.8 Å². The van der Waals surface area contributed by atoms with Gasteiger partial charge >= 0.3 is 0 Å². The van der Waals surface area contributed by atoms with Gasteiger partial charge < -0.3 is 10.6 Å². The Morgan fingerprint density at radius 1 is 1.03 bits per heavy atom. The van der Waals surface area contributed by atoms with Gasteiger partial charge in [-0.15, -0.1) is 0 Å². The summed E-state index contributed by atoms with van der Waals surface area (Å²) in [7, 11) is -4.11. The number of nitrogens with zero attached hydrogens (tertiary/aromatic N) is 1. The van der Waals surface area contributed by atoms with Gasteiger partial charge in [0, 0.05) is 25.2 Å². The Balaban J connectivity index is 1.73. The SMILES string of the molecule is CCNS(=O)(=O)Nc1nccc(Cc2cc(C(=O)NC3CC3)c(Nc3ccc(C)cc3F)c(F)c2F)c1F. The highest BCUT2D eigenvalue weighted by Crippen LogP contribution is 2.32. The summed E-state index contributed by atoms with van der Waals surface area (Å²) in [5.74, 6) is -6.00. The Morgan fingerprint density at radius 2 is 1.76 bits per heavy atom. The Bertz CT molecular complexity index is 1500. The van der Waals surface area contributed by atoms with Gasteiger partial charge in [0.05, 0.1) is 16.9 Å². The summed E-state index contributed by atoms with van der Waals surface area (Å²) in [6.07, 6.45) is 2.03. The minimum atomic E-state index is -4.11. The number of hydrogen-bond acceptors (Lipinski definition) is 5. The second-order valence-electron chi connectivity index (χ2n) is 8.86. The van der Waals surface area contributed by atoms with Gasteiger partial charge in [-0.1, -0.05) is 13.0 Å². The minimum absolute atomic E-state index is 0.0414. The molecule has 0 spiro atoms. The molecule has 4 N–H and O–H groups in total. The fourth-order valence-corrected chi connectivity index (χ4v) is 4.55. The molecule has 202 valence electrons. The van der Waals surface area contributed by atoms with Gasteiger partial charge in [0.15, 0.2) is 23.3 Å². The standard InChI is InChI=1S/C25H25F4N5O3S/c1-3-31-38(36,37)34-24-21(28)14(8-9-30-24)11-15-12-17(25(35)32-16-5-6-16)23(22(29)20(15)27)33-19-7-4-13(2)10-18(19)26/h4,7-10,12,16,31,33H,3,5-6,11H2,1-2H3,(H,30,34)(H,32,35). The normalized spacial score (nSPS) is 13.3. The summed E-state index contributed by atoms with van der Waals surface area (Å²) in [6, 6.07) is 6.21. The van der Waals surface area contributed by atoms with E-state index in [1.54, 1.807) is 13.0 Å². The maximum atomic E-state index is 15.4. The van der Waals surface area contributed by atoms with E-state index in [2.05, 4.69) is 20.3 Å². The summed E-state index contributed by atoms with van der Waals surface area (Å²) in [6.45, 7) is 3.23. The number of amides is 1. The number of aryl methyl sites for hydroxylation is 1. The lowest BCUT2D eigenvalue weighted by molar-refractivity contribution is 0.0951. The third kappa shape index (κ3) is 6.22. The van der Waals surface area contributed by atoms with Crippen molar-refractivity contribution in [3.8, 4) is 0 Å². The van der Waals surface area contributed by atoms with Crippen molar-refractivity contribution in [2.75, 3.05) is 16.6 Å². The fraction of sp³-hybridized carbons (Fsp3) is 0.280. The van der Waals surface area contributed by atoms with E-state index in [1.807, 2.05) is 4.72 Å². The predicted octanol–water partition coefficient (Wildman–Crippen LogP) is 4.44. The molecule has 1 aliphatic carbocycles. The molecule has 0 radical (unpaired) electrons. The van der Waals surface area contributed by atoms with Crippen LogP contribution in [0.1, 0.15) is 46.8 Å². The number of nitrogens with one attached hydrogen (secondary N) is 4. The molecular weight excluding hydrogens is 526 g/mol. The second-order valence-corrected chi connectivity index (χ2v) is 10.4. The Hall–Kier alpha value is -3.71. The summed E-state index contributed by atoms with van der Waals surface area (Å²) >= 11 is 0. The Labute approximate surface area is 217 Å². The molecule has 0 bridgehead atoms. The molecule has 1 amide bonds. The minimum Gasteiger partial charge on any atom is -0.350 e. The van der Waals surface area contributed by atoms with Crippen molar-refractivity contribution in [1.29, 1.82) is 0 Å². The lowest BCUT2D eigenvalue weighted by atomic mass is 9.99. The van der Waals surface area contributed by atoms with Crippen LogP contribution in [0.3, 0.4) is 0 Å². The predicted molar refractivity (Wildman–Crippen MR) is 134 cm³/mol. The molecule has 0 saturated heterocycles. The van der Waals surface area contributed by atoms with Crippen LogP contribution in [-0.4, -0.2) is 31.9 Å². The second kappa shape index (κ2) is 11.0. The molecule has 0 unspecified atom stereocenters. The van der Waals surface area contributed by atoms with Crippen LogP contribution < -0.4 is 20.1 Å². The van der Waals surface area contributed by atoms with Crippen molar-refractivity contribution in [2.24, 2.45) is 0 Å². The zero-order valence-electron chi connectivity index (χ0n) is 20.5. The molecule has 1 heterocycles. The fourth-order valence-electron chi connectivity index (χ4n) is 3.71. The molecule has 1 fully saturated rings. The molecular formula is C25H25F4N5O3S. The van der Waals surface area contributed by atoms with E-state index in [-0.39, 0.29) is 35.0 Å². The number of aromatic nitrogens is 1. The number of carbonyl (C=O) groups excluding carboxylic acids is 1. The van der Waals surface area contributed by atoms with E-state index >= 15 is 13.2 Å². The van der Waals surface area contributed by atoms with Crippen molar-refractivity contribution >= 4 is 33.3 Å². The first-order valence-corrected chi connectivity index (χ1v) is 13.2. The van der Waals surface area contributed by atoms with Crippen LogP contribution in [-0.2, 0) is 16.6 Å². The summed E-state index contributed by atoms with van der Waals surface area (Å²) in [4.78, 5) is 16.6. The lowest BCUT2D eigenvalue weighted by Gasteiger charge is -2.17. The molecule has 2 aromatic carbocycles. The molecule has 0 atom stereocenters. The first kappa shape index (κ1) is 27.3. The van der Waals surface area contributed by atoms with Crippen molar-refractivity contribution in [3.05, 3.63) is 82.1 Å². The topological polar surface area (TPSA) is 112 Å². The van der Waals surface area contributed by atoms with Gasteiger partial charge in [0.2, 0.25) is 0 Å². The summed E-state index contributed by atoms with van der Waals surface area (Å²) < 4.78 is 88.1. The lowest BCUT2D eigenvalue weighted by Crippen LogP contribution is -2.30. The number of hydrogen-bond donors (Lipinski definition) is 4. The maximum Gasteiger partial charge on any atom is 0.300 e. The first-order chi connectivity index (χ1) is 18.0. The van der Waals surface area contributed by atoms with Crippen LogP contribution >= 0.6 is 0 Å². The Morgan fingerprint density at radius 3 is 2.42 bits per heavy atom. The van der Waals surface area contributed by atoms with Crippen LogP contribution in [0, 0.1) is 30.2 Å². The Kier molecular flexibility index (Phi) is 7.88. The molecule has 13 heteroatoms. The number of carbonyl (C=O) groups is 1. The van der Waals surface area contributed by atoms with Gasteiger partial charge in [0.1, 0.15) is 5.82 Å². The number of rotatable bonds is 10. The van der Waals surface area contributed by atoms with Crippen LogP contribution in [0.2, 0.25) is 0 Å². The van der Waals surface area contributed by atoms with E-state index in [9.17, 15) is 17.6 Å². The first-order valence-electron chi connectivity index (χ1n) is 11.7. The van der Waals surface area contributed by atoms with Gasteiger partial charge in [0.25, 0.3) is 16.1 Å². The molecule has 0 aliphatic heterocycles. The van der Waals surface area contributed by atoms with Crippen molar-refractivity contribution in [2.45, 2.75) is 39.2 Å². The van der Waals surface area contributed by atoms with Crippen LogP contribution in [0.5, 0.6) is 0 Å². The van der Waals surface area contributed by atoms with Gasteiger partial charge in [-0.3, -0.25) is 9.52 Å². The van der Waals surface area contributed by atoms with Crippen LogP contribution in [0.4, 0.5) is 34.8 Å². The average Bonchev–Trinajstić information content (AvgIpc) is 3.66. The highest BCUT2D eigenvalue weighted by atomic mass is 32.2. The molecule has 1 aromatic heterocycles. The zero-order valence-corrected chi connectivity index (χ0v) is 21.3. The molecule has 38 heavy (non-hydrogen) atoms. The number of halogens is 4. The number of anilines is 3. The van der Waals surface area contributed by atoms with E-state index < -0.39 is 57.3 Å². The maximum absolute atomic E-state index is 15.4. The van der Waals surface area contributed by atoms with Crippen molar-refractivity contribution in [1.82, 2.24) is 15.0 Å². The molecule has 4 rings (SSSR count). The average molecular weight is 552 g/mol. The number of benzene rings is 2. The molecule has 8 nitrogen and oxygen atoms in total. The molecule has 1 saturated carbocycles. The van der Waals surface area contributed by atoms with E-state index in [0.29, 0.717) is 5.56 Å². The van der Waals surface area contributed by atoms with E-state index in [1.165, 1.54) is 25.1 Å². The highest BCUT2D eigenvalue weighted by molar-refractivity contribution is 7.90. The number of pyridine rings is 1. The van der Waals surface area contributed by atoms with Crippen molar-refractivity contribution in [3.63, 3.8) is 0 Å². The van der Waals surface area contributed by atoms with Gasteiger partial charge in [-0.2, -0.15) is 13.1 Å². The largest absolute Gasteiger partial charge is 0.350 e. The van der Waals surface area contributed by atoms with Crippen LogP contribution in [0.25, 0.3) is 0 Å². The summed E-state index contributed by atoms with van der Waals surface area (Å²) in [5, 5.41) is 5.17. The molecule has 1 aliphatic rings. The molecule has 3 aromatic rings. The van der Waals surface area contributed by atoms with Gasteiger partial charge in [-0.25, -0.2) is 22.5 Å². The highest BCUT2D eigenvalue weighted by Gasteiger charge is 2.29. The smallest absolute Gasteiger partial charge is 0.300 e. The van der Waals surface area contributed by atoms with Crippen LogP contribution in [0.15, 0.2) is 36.5 Å². The van der Waals surface area contributed by atoms with E-state index in [4.69, 9.17) is 0 Å². The van der Waals surface area contributed by atoms with E-state index in [0.717, 1.165) is 25.1 Å². The monoisotopic (exact) mass is 551 g/mol.